The van der Waals surface area contributed by atoms with Gasteiger partial charge in [-0.2, -0.15) is 10.1 Å². The molecule has 14 heteroatoms. The van der Waals surface area contributed by atoms with Gasteiger partial charge in [-0.25, -0.2) is 13.8 Å². The lowest BCUT2D eigenvalue weighted by Crippen LogP contribution is -2.40. The fraction of sp³-hybridized carbons (Fsp3) is 0.435. The molecule has 2 aliphatic rings. The number of carbonyl (C=O) groups is 1. The topological polar surface area (TPSA) is 164 Å². The normalized spacial score (nSPS) is 30.7. The number of nitrogens with two attached hydrogens (primary N) is 1. The average molecular weight is 538 g/mol. The maximum absolute atomic E-state index is 15.6. The summed E-state index contributed by atoms with van der Waals surface area (Å²) in [4.78, 5) is 28.1. The molecule has 1 aliphatic heterocycles. The van der Waals surface area contributed by atoms with Gasteiger partial charge >= 0.3 is 19.4 Å². The number of nitrogens with zero attached hydrogens (tertiary/aromatic N) is 2. The smallest absolute Gasteiger partial charge is 0.459 e. The highest BCUT2D eigenvalue weighted by Gasteiger charge is 2.89. The number of hydrogen-bond donors (Lipinski definition) is 3. The van der Waals surface area contributed by atoms with Crippen molar-refractivity contribution in [3.63, 3.8) is 0 Å². The van der Waals surface area contributed by atoms with Crippen molar-refractivity contribution in [3.8, 4) is 5.75 Å². The molecule has 200 valence electrons. The van der Waals surface area contributed by atoms with Crippen LogP contribution < -0.4 is 21.0 Å². The standard InChI is InChI=1S/C23H28FN4O8P/c1-5-22-20(23(22,31)17(24)18(34-22)28-12-11-16(25)26-21(28)30)36-37(32,35-15-9-7-6-8-10-15)27-14(4)19(29)33-13(2)3/h5-14,17-18,20,31H,1H2,2-4H3,(H,27,32)(H2,25,26,30)/t14?,17-,18+,20?,22+,23+,37?/m0/s1. The molecule has 3 unspecified atom stereocenters. The van der Waals surface area contributed by atoms with Crippen molar-refractivity contribution in [2.45, 2.75) is 62.6 Å². The zero-order chi connectivity index (χ0) is 27.2. The highest BCUT2D eigenvalue weighted by Crippen LogP contribution is 2.68. The Morgan fingerprint density at radius 3 is 2.59 bits per heavy atom. The van der Waals surface area contributed by atoms with E-state index in [9.17, 15) is 19.3 Å². The molecule has 2 heterocycles. The number of esters is 1. The Labute approximate surface area is 211 Å². The Hall–Kier alpha value is -3.09. The van der Waals surface area contributed by atoms with E-state index >= 15 is 4.39 Å². The molecule has 1 saturated heterocycles. The van der Waals surface area contributed by atoms with E-state index in [2.05, 4.69) is 16.7 Å². The van der Waals surface area contributed by atoms with Gasteiger partial charge in [0.15, 0.2) is 23.6 Å². The van der Waals surface area contributed by atoms with Crippen LogP contribution in [0.3, 0.4) is 0 Å². The summed E-state index contributed by atoms with van der Waals surface area (Å²) in [5.41, 5.74) is 0.310. The molecule has 2 fully saturated rings. The zero-order valence-corrected chi connectivity index (χ0v) is 21.2. The molecule has 0 bridgehead atoms. The second-order valence-corrected chi connectivity index (χ2v) is 10.6. The molecular weight excluding hydrogens is 510 g/mol. The summed E-state index contributed by atoms with van der Waals surface area (Å²) < 4.78 is 52.4. The Bertz CT molecular complexity index is 1290. The van der Waals surface area contributed by atoms with Gasteiger partial charge in [-0.15, -0.1) is 6.58 Å². The molecule has 1 aliphatic carbocycles. The van der Waals surface area contributed by atoms with Gasteiger partial charge in [0.2, 0.25) is 0 Å². The van der Waals surface area contributed by atoms with Crippen LogP contribution in [0.4, 0.5) is 10.2 Å². The van der Waals surface area contributed by atoms with Crippen molar-refractivity contribution in [2.75, 3.05) is 5.73 Å². The molecule has 37 heavy (non-hydrogen) atoms. The van der Waals surface area contributed by atoms with Gasteiger partial charge in [0.25, 0.3) is 0 Å². The van der Waals surface area contributed by atoms with E-state index in [0.29, 0.717) is 0 Å². The fourth-order valence-corrected chi connectivity index (χ4v) is 5.92. The largest absolute Gasteiger partial charge is 0.462 e. The number of carbonyl (C=O) groups excluding carboxylic acids is 1. The highest BCUT2D eigenvalue weighted by atomic mass is 31.2. The van der Waals surface area contributed by atoms with Crippen LogP contribution >= 0.6 is 7.75 Å². The number of aliphatic hydroxyl groups is 1. The predicted molar refractivity (Wildman–Crippen MR) is 129 cm³/mol. The summed E-state index contributed by atoms with van der Waals surface area (Å²) in [6, 6.07) is 8.01. The van der Waals surface area contributed by atoms with Crippen molar-refractivity contribution in [3.05, 3.63) is 65.7 Å². The molecular formula is C23H28FN4O8P. The number of ether oxygens (including phenoxy) is 2. The van der Waals surface area contributed by atoms with Crippen LogP contribution in [-0.2, 0) is 23.4 Å². The first kappa shape index (κ1) is 27.0. The molecule has 7 atom stereocenters. The summed E-state index contributed by atoms with van der Waals surface area (Å²) in [5.74, 6) is -0.699. The van der Waals surface area contributed by atoms with E-state index in [-0.39, 0.29) is 11.6 Å². The molecule has 12 nitrogen and oxygen atoms in total. The minimum absolute atomic E-state index is 0.0756. The van der Waals surface area contributed by atoms with Gasteiger partial charge in [0.05, 0.1) is 6.10 Å². The number of aromatic nitrogens is 2. The lowest BCUT2D eigenvalue weighted by molar-refractivity contribution is -0.149. The number of anilines is 1. The van der Waals surface area contributed by atoms with E-state index in [1.165, 1.54) is 31.3 Å². The Morgan fingerprint density at radius 1 is 1.35 bits per heavy atom. The first-order valence-corrected chi connectivity index (χ1v) is 12.9. The number of halogens is 1. The van der Waals surface area contributed by atoms with Crippen molar-refractivity contribution in [2.24, 2.45) is 0 Å². The van der Waals surface area contributed by atoms with Crippen LogP contribution in [0.25, 0.3) is 0 Å². The summed E-state index contributed by atoms with van der Waals surface area (Å²) >= 11 is 0. The Morgan fingerprint density at radius 2 is 2.03 bits per heavy atom. The van der Waals surface area contributed by atoms with Crippen LogP contribution in [0.1, 0.15) is 27.0 Å². The molecule has 4 N–H and O–H groups in total. The average Bonchev–Trinajstić information content (AvgIpc) is 3.22. The lowest BCUT2D eigenvalue weighted by Gasteiger charge is -2.27. The third-order valence-electron chi connectivity index (χ3n) is 6.02. The number of para-hydroxylation sites is 1. The number of alkyl halides is 1. The highest BCUT2D eigenvalue weighted by molar-refractivity contribution is 7.52. The molecule has 4 rings (SSSR count). The zero-order valence-electron chi connectivity index (χ0n) is 20.3. The van der Waals surface area contributed by atoms with Crippen molar-refractivity contribution in [1.82, 2.24) is 14.6 Å². The Balaban J connectivity index is 1.61. The van der Waals surface area contributed by atoms with Gasteiger partial charge in [-0.05, 0) is 39.0 Å². The second-order valence-electron chi connectivity index (χ2n) is 9.00. The number of benzene rings is 1. The summed E-state index contributed by atoms with van der Waals surface area (Å²) in [7, 11) is -4.48. The Kier molecular flexibility index (Phi) is 7.04. The van der Waals surface area contributed by atoms with Gasteiger partial charge in [-0.3, -0.25) is 13.9 Å². The maximum atomic E-state index is 15.6. The maximum Gasteiger partial charge on any atom is 0.459 e. The number of nitrogens with one attached hydrogen (secondary N) is 1. The summed E-state index contributed by atoms with van der Waals surface area (Å²) in [5, 5.41) is 13.7. The van der Waals surface area contributed by atoms with E-state index in [1.54, 1.807) is 32.0 Å². The van der Waals surface area contributed by atoms with Crippen LogP contribution in [0.15, 0.2) is 60.0 Å². The van der Waals surface area contributed by atoms with Crippen molar-refractivity contribution < 1.29 is 37.4 Å². The predicted octanol–water partition coefficient (Wildman–Crippen LogP) is 1.86. The number of hydrogen-bond acceptors (Lipinski definition) is 10. The third-order valence-corrected chi connectivity index (χ3v) is 7.66. The summed E-state index contributed by atoms with van der Waals surface area (Å²) in [6.07, 6.45) is -3.56. The number of rotatable bonds is 10. The first-order valence-electron chi connectivity index (χ1n) is 11.4. The monoisotopic (exact) mass is 538 g/mol. The van der Waals surface area contributed by atoms with E-state index in [0.717, 1.165) is 10.6 Å². The van der Waals surface area contributed by atoms with E-state index in [1.807, 2.05) is 0 Å². The first-order chi connectivity index (χ1) is 17.4. The van der Waals surface area contributed by atoms with Crippen molar-refractivity contribution >= 4 is 19.5 Å². The number of nitrogen functional groups attached to an aromatic ring is 1. The third kappa shape index (κ3) is 4.69. The van der Waals surface area contributed by atoms with Crippen LogP contribution in [-0.4, -0.2) is 56.3 Å². The van der Waals surface area contributed by atoms with E-state index in [4.69, 9.17) is 24.3 Å². The fourth-order valence-electron chi connectivity index (χ4n) is 4.19. The summed E-state index contributed by atoms with van der Waals surface area (Å²) in [6.45, 7) is 8.28. The van der Waals surface area contributed by atoms with Gasteiger partial charge < -0.3 is 24.8 Å². The number of fused-ring (bicyclic) bond motifs is 1. The molecule has 0 radical (unpaired) electrons. The molecule has 1 aromatic heterocycles. The lowest BCUT2D eigenvalue weighted by atomic mass is 10.1. The molecule has 0 amide bonds. The van der Waals surface area contributed by atoms with Gasteiger partial charge in [-0.1, -0.05) is 24.3 Å². The minimum Gasteiger partial charge on any atom is -0.462 e. The van der Waals surface area contributed by atoms with Gasteiger partial charge in [0, 0.05) is 6.20 Å². The molecule has 1 aromatic carbocycles. The second kappa shape index (κ2) is 9.66. The van der Waals surface area contributed by atoms with Crippen LogP contribution in [0.2, 0.25) is 0 Å². The molecule has 0 spiro atoms. The van der Waals surface area contributed by atoms with E-state index < -0.39 is 61.3 Å². The van der Waals surface area contributed by atoms with Crippen LogP contribution in [0.5, 0.6) is 5.75 Å². The minimum atomic E-state index is -4.48. The van der Waals surface area contributed by atoms with Crippen LogP contribution in [0, 0.1) is 0 Å². The quantitative estimate of drug-likeness (QED) is 0.230. The van der Waals surface area contributed by atoms with Gasteiger partial charge in [0.1, 0.15) is 23.7 Å². The van der Waals surface area contributed by atoms with Crippen molar-refractivity contribution in [1.29, 1.82) is 0 Å². The SMILES string of the molecule is C=C[C@]12O[C@@H](n3ccc(N)nc3=O)[C@H](F)[C@@]1(O)C2OP(=O)(NC(C)C(=O)OC(C)C)Oc1ccccc1. The molecule has 2 aromatic rings. The molecule has 1 saturated carbocycles.